The first-order valence-corrected chi connectivity index (χ1v) is 6.73. The number of nitrogens with zero attached hydrogens (tertiary/aromatic N) is 1. The van der Waals surface area contributed by atoms with Crippen LogP contribution in [-0.4, -0.2) is 36.2 Å². The van der Waals surface area contributed by atoms with E-state index >= 15 is 0 Å². The summed E-state index contributed by atoms with van der Waals surface area (Å²) in [6.45, 7) is 9.58. The summed E-state index contributed by atoms with van der Waals surface area (Å²) in [4.78, 5) is 13.6. The van der Waals surface area contributed by atoms with Crippen molar-refractivity contribution >= 4 is 11.7 Å². The van der Waals surface area contributed by atoms with E-state index in [9.17, 15) is 9.90 Å². The molecule has 0 aliphatic rings. The van der Waals surface area contributed by atoms with Crippen LogP contribution in [0.2, 0.25) is 0 Å². The van der Waals surface area contributed by atoms with E-state index in [1.807, 2.05) is 39.0 Å². The van der Waals surface area contributed by atoms with Gasteiger partial charge in [0.15, 0.2) is 0 Å². The van der Waals surface area contributed by atoms with E-state index in [0.717, 1.165) is 12.2 Å². The topological polar surface area (TPSA) is 52.6 Å². The first-order valence-electron chi connectivity index (χ1n) is 6.73. The van der Waals surface area contributed by atoms with E-state index in [0.29, 0.717) is 13.1 Å². The molecule has 0 aliphatic carbocycles. The molecule has 0 fully saturated rings. The Bertz CT molecular complexity index is 434. The molecular weight excluding hydrogens is 240 g/mol. The third kappa shape index (κ3) is 3.96. The molecule has 0 heterocycles. The number of hydrogen-bond donors (Lipinski definition) is 2. The average Bonchev–Trinajstić information content (AvgIpc) is 2.36. The SMILES string of the molecule is CCNC(C)(CN(CC)c1cccc(C)c1)C(=O)O. The number of nitrogens with one attached hydrogen (secondary N) is 1. The second-order valence-corrected chi connectivity index (χ2v) is 5.02. The molecule has 0 aromatic heterocycles. The van der Waals surface area contributed by atoms with Gasteiger partial charge < -0.3 is 15.3 Å². The van der Waals surface area contributed by atoms with Crippen molar-refractivity contribution in [2.45, 2.75) is 33.2 Å². The summed E-state index contributed by atoms with van der Waals surface area (Å²) in [5.74, 6) is -0.819. The first kappa shape index (κ1) is 15.5. The van der Waals surface area contributed by atoms with Crippen LogP contribution in [0, 0.1) is 6.92 Å². The number of carbonyl (C=O) groups is 1. The quantitative estimate of drug-likeness (QED) is 0.793. The summed E-state index contributed by atoms with van der Waals surface area (Å²) < 4.78 is 0. The summed E-state index contributed by atoms with van der Waals surface area (Å²) >= 11 is 0. The number of carboxylic acid groups (broad SMARTS) is 1. The second kappa shape index (κ2) is 6.57. The smallest absolute Gasteiger partial charge is 0.325 e. The molecule has 1 aromatic carbocycles. The zero-order valence-corrected chi connectivity index (χ0v) is 12.2. The molecule has 1 rings (SSSR count). The Morgan fingerprint density at radius 2 is 2.11 bits per heavy atom. The fourth-order valence-electron chi connectivity index (χ4n) is 2.18. The fourth-order valence-corrected chi connectivity index (χ4v) is 2.18. The van der Waals surface area contributed by atoms with E-state index in [-0.39, 0.29) is 0 Å². The highest BCUT2D eigenvalue weighted by Gasteiger charge is 2.34. The lowest BCUT2D eigenvalue weighted by atomic mass is 10.0. The third-order valence-electron chi connectivity index (χ3n) is 3.29. The molecule has 106 valence electrons. The zero-order valence-electron chi connectivity index (χ0n) is 12.2. The van der Waals surface area contributed by atoms with Crippen molar-refractivity contribution in [1.29, 1.82) is 0 Å². The maximum Gasteiger partial charge on any atom is 0.325 e. The number of anilines is 1. The van der Waals surface area contributed by atoms with Crippen LogP contribution in [0.4, 0.5) is 5.69 Å². The number of hydrogen-bond acceptors (Lipinski definition) is 3. The van der Waals surface area contributed by atoms with Crippen molar-refractivity contribution in [2.24, 2.45) is 0 Å². The van der Waals surface area contributed by atoms with Gasteiger partial charge in [-0.05, 0) is 45.0 Å². The monoisotopic (exact) mass is 264 g/mol. The van der Waals surface area contributed by atoms with Gasteiger partial charge >= 0.3 is 5.97 Å². The van der Waals surface area contributed by atoms with E-state index < -0.39 is 11.5 Å². The maximum absolute atomic E-state index is 11.5. The Labute approximate surface area is 115 Å². The van der Waals surface area contributed by atoms with E-state index in [4.69, 9.17) is 0 Å². The summed E-state index contributed by atoms with van der Waals surface area (Å²) in [6, 6.07) is 8.14. The van der Waals surface area contributed by atoms with Crippen LogP contribution in [0.1, 0.15) is 26.3 Å². The molecule has 0 saturated carbocycles. The van der Waals surface area contributed by atoms with Gasteiger partial charge in [-0.15, -0.1) is 0 Å². The van der Waals surface area contributed by atoms with Gasteiger partial charge in [0.05, 0.1) is 0 Å². The molecule has 0 spiro atoms. The number of carboxylic acids is 1. The molecule has 4 nitrogen and oxygen atoms in total. The summed E-state index contributed by atoms with van der Waals surface area (Å²) in [6.07, 6.45) is 0. The number of rotatable bonds is 7. The van der Waals surface area contributed by atoms with E-state index in [2.05, 4.69) is 16.3 Å². The van der Waals surface area contributed by atoms with Crippen LogP contribution in [0.15, 0.2) is 24.3 Å². The predicted molar refractivity (Wildman–Crippen MR) is 78.8 cm³/mol. The van der Waals surface area contributed by atoms with Gasteiger partial charge in [-0.2, -0.15) is 0 Å². The van der Waals surface area contributed by atoms with Crippen molar-refractivity contribution in [3.8, 4) is 0 Å². The fraction of sp³-hybridized carbons (Fsp3) is 0.533. The molecule has 2 N–H and O–H groups in total. The van der Waals surface area contributed by atoms with Crippen molar-refractivity contribution in [3.63, 3.8) is 0 Å². The van der Waals surface area contributed by atoms with Crippen LogP contribution in [0.3, 0.4) is 0 Å². The Hall–Kier alpha value is -1.55. The normalized spacial score (nSPS) is 13.9. The molecule has 1 atom stereocenters. The molecular formula is C15H24N2O2. The Morgan fingerprint density at radius 1 is 1.42 bits per heavy atom. The molecule has 1 aromatic rings. The predicted octanol–water partition coefficient (Wildman–Crippen LogP) is 2.27. The minimum atomic E-state index is -0.936. The maximum atomic E-state index is 11.5. The van der Waals surface area contributed by atoms with Crippen molar-refractivity contribution in [3.05, 3.63) is 29.8 Å². The second-order valence-electron chi connectivity index (χ2n) is 5.02. The minimum Gasteiger partial charge on any atom is -0.480 e. The molecule has 0 amide bonds. The average molecular weight is 264 g/mol. The molecule has 0 saturated heterocycles. The van der Waals surface area contributed by atoms with Gasteiger partial charge in [-0.1, -0.05) is 19.1 Å². The standard InChI is InChI=1S/C15H24N2O2/c1-5-16-15(4,14(18)19)11-17(6-2)13-9-7-8-12(3)10-13/h7-10,16H,5-6,11H2,1-4H3,(H,18,19). The molecule has 0 aliphatic heterocycles. The molecule has 0 bridgehead atoms. The largest absolute Gasteiger partial charge is 0.480 e. The van der Waals surface area contributed by atoms with Gasteiger partial charge in [0, 0.05) is 18.8 Å². The number of benzene rings is 1. The zero-order chi connectivity index (χ0) is 14.5. The minimum absolute atomic E-state index is 0.441. The van der Waals surface area contributed by atoms with Crippen molar-refractivity contribution < 1.29 is 9.90 Å². The van der Waals surface area contributed by atoms with Crippen LogP contribution in [0.25, 0.3) is 0 Å². The molecule has 4 heteroatoms. The lowest BCUT2D eigenvalue weighted by molar-refractivity contribution is -0.143. The summed E-state index contributed by atoms with van der Waals surface area (Å²) in [7, 11) is 0. The summed E-state index contributed by atoms with van der Waals surface area (Å²) in [5.41, 5.74) is 1.30. The summed E-state index contributed by atoms with van der Waals surface area (Å²) in [5, 5.41) is 12.5. The van der Waals surface area contributed by atoms with Crippen molar-refractivity contribution in [2.75, 3.05) is 24.5 Å². The Kier molecular flexibility index (Phi) is 5.36. The van der Waals surface area contributed by atoms with Gasteiger partial charge in [0.25, 0.3) is 0 Å². The van der Waals surface area contributed by atoms with E-state index in [1.54, 1.807) is 6.92 Å². The van der Waals surface area contributed by atoms with Gasteiger partial charge in [-0.3, -0.25) is 4.79 Å². The highest BCUT2D eigenvalue weighted by molar-refractivity contribution is 5.79. The number of likely N-dealkylation sites (N-methyl/N-ethyl adjacent to an activating group) is 2. The van der Waals surface area contributed by atoms with Crippen LogP contribution >= 0.6 is 0 Å². The third-order valence-corrected chi connectivity index (χ3v) is 3.29. The highest BCUT2D eigenvalue weighted by atomic mass is 16.4. The number of aryl methyl sites for hydroxylation is 1. The Morgan fingerprint density at radius 3 is 2.58 bits per heavy atom. The molecule has 0 radical (unpaired) electrons. The molecule has 1 unspecified atom stereocenters. The van der Waals surface area contributed by atoms with Crippen LogP contribution in [-0.2, 0) is 4.79 Å². The van der Waals surface area contributed by atoms with Gasteiger partial charge in [0.1, 0.15) is 5.54 Å². The Balaban J connectivity index is 2.95. The van der Waals surface area contributed by atoms with E-state index in [1.165, 1.54) is 5.56 Å². The lowest BCUT2D eigenvalue weighted by Crippen LogP contribution is -2.57. The lowest BCUT2D eigenvalue weighted by Gasteiger charge is -2.34. The highest BCUT2D eigenvalue weighted by Crippen LogP contribution is 2.18. The van der Waals surface area contributed by atoms with Gasteiger partial charge in [0.2, 0.25) is 0 Å². The first-order chi connectivity index (χ1) is 8.92. The van der Waals surface area contributed by atoms with Crippen molar-refractivity contribution in [1.82, 2.24) is 5.32 Å². The van der Waals surface area contributed by atoms with Crippen LogP contribution in [0.5, 0.6) is 0 Å². The number of aliphatic carboxylic acids is 1. The molecule has 19 heavy (non-hydrogen) atoms. The van der Waals surface area contributed by atoms with Crippen LogP contribution < -0.4 is 10.2 Å². The van der Waals surface area contributed by atoms with Gasteiger partial charge in [-0.25, -0.2) is 0 Å².